The van der Waals surface area contributed by atoms with Crippen LogP contribution in [0.2, 0.25) is 0 Å². The van der Waals surface area contributed by atoms with Crippen LogP contribution in [0.25, 0.3) is 66.1 Å². The lowest BCUT2D eigenvalue weighted by atomic mass is 9.92. The molecule has 0 spiro atoms. The molecule has 0 saturated carbocycles. The number of nitrogens with zero attached hydrogens (tertiary/aromatic N) is 2. The summed E-state index contributed by atoms with van der Waals surface area (Å²) in [7, 11) is 0. The first kappa shape index (κ1) is 30.8. The van der Waals surface area contributed by atoms with Gasteiger partial charge in [0.2, 0.25) is 0 Å². The first-order valence-corrected chi connectivity index (χ1v) is 17.9. The Labute approximate surface area is 307 Å². The Morgan fingerprint density at radius 3 is 1.83 bits per heavy atom. The van der Waals surface area contributed by atoms with Crippen molar-refractivity contribution < 1.29 is 4.42 Å². The molecule has 0 amide bonds. The second kappa shape index (κ2) is 12.9. The van der Waals surface area contributed by atoms with Crippen molar-refractivity contribution in [3.05, 3.63) is 205 Å². The van der Waals surface area contributed by atoms with E-state index >= 15 is 0 Å². The van der Waals surface area contributed by atoms with Crippen molar-refractivity contribution in [2.24, 2.45) is 9.98 Å². The van der Waals surface area contributed by atoms with Gasteiger partial charge in [0.25, 0.3) is 0 Å². The number of nitrogens with one attached hydrogen (secondary N) is 1. The lowest BCUT2D eigenvalue weighted by Gasteiger charge is -2.25. The molecule has 1 unspecified atom stereocenters. The van der Waals surface area contributed by atoms with Crippen molar-refractivity contribution in [3.63, 3.8) is 0 Å². The Morgan fingerprint density at radius 2 is 1.04 bits per heavy atom. The van der Waals surface area contributed by atoms with Gasteiger partial charge in [0.15, 0.2) is 5.84 Å². The van der Waals surface area contributed by atoms with Gasteiger partial charge in [-0.15, -0.1) is 0 Å². The monoisotopic (exact) mass is 679 g/mol. The fraction of sp³-hybridized carbons (Fsp3) is 0.0204. The Morgan fingerprint density at radius 1 is 0.434 bits per heavy atom. The summed E-state index contributed by atoms with van der Waals surface area (Å²) < 4.78 is 6.45. The molecule has 4 heteroatoms. The molecule has 1 aliphatic heterocycles. The molecule has 1 aromatic heterocycles. The second-order valence-corrected chi connectivity index (χ2v) is 13.4. The molecule has 0 fully saturated rings. The molecular weight excluding hydrogens is 647 g/mol. The third kappa shape index (κ3) is 5.58. The average Bonchev–Trinajstić information content (AvgIpc) is 3.63. The zero-order chi connectivity index (χ0) is 35.1. The average molecular weight is 680 g/mol. The first-order valence-electron chi connectivity index (χ1n) is 17.9. The quantitative estimate of drug-likeness (QED) is 0.190. The number of para-hydroxylation sites is 1. The Bertz CT molecular complexity index is 2830. The SMILES string of the molecule is c1ccc(-c2ccc(C3=NC(c4c(-c5ccc(-c6cccc7ccccc67)cc5)ccc5oc6ccccc6c45)=NC(c4ccccc4)N3)cc2)cc1. The first-order chi connectivity index (χ1) is 26.3. The van der Waals surface area contributed by atoms with E-state index in [9.17, 15) is 0 Å². The molecule has 8 aromatic carbocycles. The third-order valence-corrected chi connectivity index (χ3v) is 10.2. The van der Waals surface area contributed by atoms with Crippen LogP contribution in [0.5, 0.6) is 0 Å². The highest BCUT2D eigenvalue weighted by molar-refractivity contribution is 6.24. The molecule has 250 valence electrons. The van der Waals surface area contributed by atoms with Crippen LogP contribution in [-0.4, -0.2) is 11.7 Å². The van der Waals surface area contributed by atoms with E-state index in [-0.39, 0.29) is 6.17 Å². The van der Waals surface area contributed by atoms with Crippen LogP contribution in [0.1, 0.15) is 22.9 Å². The van der Waals surface area contributed by atoms with Gasteiger partial charge in [-0.3, -0.25) is 0 Å². The van der Waals surface area contributed by atoms with Gasteiger partial charge in [-0.05, 0) is 67.9 Å². The van der Waals surface area contributed by atoms with E-state index in [0.717, 1.165) is 61.2 Å². The zero-order valence-corrected chi connectivity index (χ0v) is 28.8. The predicted molar refractivity (Wildman–Crippen MR) is 219 cm³/mol. The highest BCUT2D eigenvalue weighted by Crippen LogP contribution is 2.40. The standard InChI is InChI=1S/C49H33N3O/c1-3-12-32(13-4-1)33-22-28-38(29-23-33)48-50-47(37-15-5-2-6-16-37)51-49(52-48)46-41(30-31-44-45(46)42-19-9-10-21-43(42)53-44)36-26-24-35(25-27-36)40-20-11-17-34-14-7-8-18-39(34)40/h1-31,47H,(H,50,51,52). The van der Waals surface area contributed by atoms with E-state index in [1.54, 1.807) is 0 Å². The molecule has 2 heterocycles. The number of amidine groups is 2. The molecule has 9 aromatic rings. The molecule has 1 N–H and O–H groups in total. The summed E-state index contributed by atoms with van der Waals surface area (Å²) in [5, 5.41) is 8.17. The number of rotatable bonds is 6. The van der Waals surface area contributed by atoms with Gasteiger partial charge in [0.1, 0.15) is 23.2 Å². The summed E-state index contributed by atoms with van der Waals surface area (Å²) in [6.07, 6.45) is -0.345. The Hall–Kier alpha value is -7.04. The molecule has 1 aliphatic rings. The molecule has 0 radical (unpaired) electrons. The van der Waals surface area contributed by atoms with Gasteiger partial charge in [-0.25, -0.2) is 9.98 Å². The fourth-order valence-electron chi connectivity index (χ4n) is 7.56. The summed E-state index contributed by atoms with van der Waals surface area (Å²) >= 11 is 0. The van der Waals surface area contributed by atoms with Crippen LogP contribution in [-0.2, 0) is 0 Å². The number of benzene rings is 8. The molecule has 53 heavy (non-hydrogen) atoms. The third-order valence-electron chi connectivity index (χ3n) is 10.2. The van der Waals surface area contributed by atoms with Gasteiger partial charge < -0.3 is 9.73 Å². The highest BCUT2D eigenvalue weighted by Gasteiger charge is 2.26. The number of hydrogen-bond donors (Lipinski definition) is 1. The maximum atomic E-state index is 6.45. The molecule has 0 bridgehead atoms. The predicted octanol–water partition coefficient (Wildman–Crippen LogP) is 12.2. The lowest BCUT2D eigenvalue weighted by Crippen LogP contribution is -2.33. The van der Waals surface area contributed by atoms with E-state index in [1.807, 2.05) is 24.3 Å². The van der Waals surface area contributed by atoms with Crippen molar-refractivity contribution in [1.29, 1.82) is 0 Å². The lowest BCUT2D eigenvalue weighted by molar-refractivity contribution is 0.668. The van der Waals surface area contributed by atoms with Crippen LogP contribution < -0.4 is 5.32 Å². The topological polar surface area (TPSA) is 49.9 Å². The maximum absolute atomic E-state index is 6.45. The number of aliphatic imine (C=N–C) groups is 2. The Kier molecular flexibility index (Phi) is 7.51. The van der Waals surface area contributed by atoms with E-state index < -0.39 is 0 Å². The summed E-state index contributed by atoms with van der Waals surface area (Å²) in [4.78, 5) is 10.7. The molecule has 0 aliphatic carbocycles. The highest BCUT2D eigenvalue weighted by atomic mass is 16.3. The van der Waals surface area contributed by atoms with E-state index in [0.29, 0.717) is 5.84 Å². The normalized spacial score (nSPS) is 14.2. The molecule has 1 atom stereocenters. The maximum Gasteiger partial charge on any atom is 0.160 e. The number of fused-ring (bicyclic) bond motifs is 4. The molecule has 0 saturated heterocycles. The van der Waals surface area contributed by atoms with Crippen LogP contribution in [0, 0.1) is 0 Å². The molecule has 4 nitrogen and oxygen atoms in total. The van der Waals surface area contributed by atoms with Crippen molar-refractivity contribution in [1.82, 2.24) is 5.32 Å². The minimum atomic E-state index is -0.345. The summed E-state index contributed by atoms with van der Waals surface area (Å²) in [5.41, 5.74) is 11.5. The molecular formula is C49H33N3O. The van der Waals surface area contributed by atoms with Crippen molar-refractivity contribution >= 4 is 44.4 Å². The fourth-order valence-corrected chi connectivity index (χ4v) is 7.56. The Balaban J connectivity index is 1.16. The van der Waals surface area contributed by atoms with Crippen molar-refractivity contribution in [3.8, 4) is 33.4 Å². The molecule has 10 rings (SSSR count). The van der Waals surface area contributed by atoms with Gasteiger partial charge >= 0.3 is 0 Å². The number of hydrogen-bond acceptors (Lipinski definition) is 4. The van der Waals surface area contributed by atoms with Crippen LogP contribution in [0.15, 0.2) is 202 Å². The smallest absolute Gasteiger partial charge is 0.160 e. The largest absolute Gasteiger partial charge is 0.456 e. The van der Waals surface area contributed by atoms with Crippen LogP contribution in [0.3, 0.4) is 0 Å². The van der Waals surface area contributed by atoms with Gasteiger partial charge in [0.05, 0.1) is 0 Å². The summed E-state index contributed by atoms with van der Waals surface area (Å²) in [5.74, 6) is 1.43. The minimum Gasteiger partial charge on any atom is -0.456 e. The number of furan rings is 1. The van der Waals surface area contributed by atoms with Crippen LogP contribution >= 0.6 is 0 Å². The van der Waals surface area contributed by atoms with Crippen LogP contribution in [0.4, 0.5) is 0 Å². The van der Waals surface area contributed by atoms with Gasteiger partial charge in [-0.1, -0.05) is 170 Å². The van der Waals surface area contributed by atoms with Crippen molar-refractivity contribution in [2.75, 3.05) is 0 Å². The van der Waals surface area contributed by atoms with Gasteiger partial charge in [-0.2, -0.15) is 0 Å². The summed E-state index contributed by atoms with van der Waals surface area (Å²) in [6, 6.07) is 65.8. The van der Waals surface area contributed by atoms with E-state index in [2.05, 4.69) is 169 Å². The van der Waals surface area contributed by atoms with E-state index in [4.69, 9.17) is 14.4 Å². The minimum absolute atomic E-state index is 0.345. The zero-order valence-electron chi connectivity index (χ0n) is 28.8. The second-order valence-electron chi connectivity index (χ2n) is 13.4. The van der Waals surface area contributed by atoms with Crippen molar-refractivity contribution in [2.45, 2.75) is 6.17 Å². The van der Waals surface area contributed by atoms with E-state index in [1.165, 1.54) is 27.5 Å². The summed E-state index contributed by atoms with van der Waals surface area (Å²) in [6.45, 7) is 0. The van der Waals surface area contributed by atoms with Gasteiger partial charge in [0, 0.05) is 21.9 Å².